The van der Waals surface area contributed by atoms with Gasteiger partial charge in [-0.1, -0.05) is 172 Å². The molecule has 3 atom stereocenters. The number of rotatable bonds is 34. The Morgan fingerprint density at radius 2 is 1.00 bits per heavy atom. The summed E-state index contributed by atoms with van der Waals surface area (Å²) in [4.78, 5) is 12.5. The summed E-state index contributed by atoms with van der Waals surface area (Å²) in [6.07, 6.45) is 41.9. The van der Waals surface area contributed by atoms with Crippen LogP contribution in [0.4, 0.5) is 0 Å². The van der Waals surface area contributed by atoms with Crippen LogP contribution in [0.2, 0.25) is 0 Å². The average molecular weight is 696 g/mol. The lowest BCUT2D eigenvalue weighted by molar-refractivity contribution is -0.130. The Morgan fingerprint density at radius 1 is 0.583 bits per heavy atom. The Hall–Kier alpha value is -1.74. The maximum absolute atomic E-state index is 12.5. The van der Waals surface area contributed by atoms with Crippen LogP contribution >= 0.6 is 0 Å². The Labute approximate surface area is 295 Å². The van der Waals surface area contributed by atoms with E-state index in [0.29, 0.717) is 12.8 Å². The highest BCUT2D eigenvalue weighted by Gasteiger charge is 2.27. The molecule has 0 aliphatic rings. The van der Waals surface area contributed by atoms with E-state index in [1.165, 1.54) is 128 Å². The third-order valence-electron chi connectivity index (χ3n) is 8.60. The second kappa shape index (κ2) is 33.7. The molecule has 0 saturated carbocycles. The molecule has 4 N–H and O–H groups in total. The molecule has 48 heavy (non-hydrogen) atoms. The molecule has 0 heterocycles. The second-order valence-corrected chi connectivity index (χ2v) is 14.8. The molecule has 0 aliphatic heterocycles. The minimum absolute atomic E-state index is 0.0628. The van der Waals surface area contributed by atoms with E-state index < -0.39 is 40.0 Å². The number of aliphatic hydroxyl groups excluding tert-OH is 2. The van der Waals surface area contributed by atoms with Crippen molar-refractivity contribution in [3.8, 4) is 0 Å². The predicted molar refractivity (Wildman–Crippen MR) is 204 cm³/mol. The van der Waals surface area contributed by atoms with Crippen molar-refractivity contribution in [3.05, 3.63) is 48.6 Å². The van der Waals surface area contributed by atoms with Crippen LogP contribution in [0.5, 0.6) is 0 Å². The van der Waals surface area contributed by atoms with Gasteiger partial charge in [0.25, 0.3) is 10.1 Å². The molecule has 0 spiro atoms. The van der Waals surface area contributed by atoms with Gasteiger partial charge in [0.1, 0.15) is 6.10 Å². The van der Waals surface area contributed by atoms with Crippen LogP contribution in [-0.4, -0.2) is 53.1 Å². The maximum atomic E-state index is 12.5. The number of unbranched alkanes of at least 4 members (excludes halogenated alkanes) is 20. The highest BCUT2D eigenvalue weighted by Crippen LogP contribution is 2.13. The third kappa shape index (κ3) is 32.8. The van der Waals surface area contributed by atoms with Gasteiger partial charge in [-0.2, -0.15) is 8.42 Å². The second-order valence-electron chi connectivity index (χ2n) is 13.3. The summed E-state index contributed by atoms with van der Waals surface area (Å²) in [5.41, 5.74) is 0. The highest BCUT2D eigenvalue weighted by molar-refractivity contribution is 7.85. The molecule has 0 aromatic rings. The molecule has 8 heteroatoms. The Balaban J connectivity index is 4.20. The van der Waals surface area contributed by atoms with Crippen molar-refractivity contribution in [3.63, 3.8) is 0 Å². The fraction of sp³-hybridized carbons (Fsp3) is 0.775. The van der Waals surface area contributed by atoms with Gasteiger partial charge in [0.2, 0.25) is 5.91 Å². The average Bonchev–Trinajstić information content (AvgIpc) is 3.05. The quantitative estimate of drug-likeness (QED) is 0.0302. The van der Waals surface area contributed by atoms with Gasteiger partial charge in [-0.3, -0.25) is 9.35 Å². The topological polar surface area (TPSA) is 124 Å². The normalized spacial score (nSPS) is 14.5. The third-order valence-corrected chi connectivity index (χ3v) is 9.38. The molecule has 0 fully saturated rings. The van der Waals surface area contributed by atoms with Gasteiger partial charge in [-0.05, 0) is 44.9 Å². The standard InChI is InChI=1S/C40H73NO6S/c1-3-5-7-9-11-13-15-17-18-19-20-21-22-23-25-26-28-30-32-34-38(42)37(36-48(45,46)47)41-40(44)39(43)35-33-31-29-27-24-16-14-12-10-8-6-4-2/h24-27,31-34,37-39,42-43H,3-23,28-30,35-36H2,1-2H3,(H,41,44)(H,45,46,47)/b26-25+,27-24-,33-31-,34-32+. The van der Waals surface area contributed by atoms with Crippen molar-refractivity contribution in [1.82, 2.24) is 5.32 Å². The molecule has 0 bridgehead atoms. The number of hydrogen-bond donors (Lipinski definition) is 4. The van der Waals surface area contributed by atoms with E-state index in [2.05, 4.69) is 43.5 Å². The Bertz CT molecular complexity index is 959. The van der Waals surface area contributed by atoms with Crippen molar-refractivity contribution in [1.29, 1.82) is 0 Å². The smallest absolute Gasteiger partial charge is 0.267 e. The van der Waals surface area contributed by atoms with E-state index in [0.717, 1.165) is 19.3 Å². The van der Waals surface area contributed by atoms with Gasteiger partial charge in [0.15, 0.2) is 0 Å². The van der Waals surface area contributed by atoms with Crippen molar-refractivity contribution in [2.45, 2.75) is 193 Å². The number of aliphatic hydroxyl groups is 2. The molecule has 280 valence electrons. The SMILES string of the molecule is CCCCCCCC/C=C\C/C=C\CC(O)C(=O)NC(CS(=O)(=O)O)C(O)/C=C/CC/C=C/CCCCCCCCCCCCCCC. The van der Waals surface area contributed by atoms with Gasteiger partial charge in [0.05, 0.1) is 17.9 Å². The van der Waals surface area contributed by atoms with E-state index in [9.17, 15) is 28.0 Å². The van der Waals surface area contributed by atoms with Gasteiger partial charge in [-0.15, -0.1) is 0 Å². The Morgan fingerprint density at radius 3 is 1.50 bits per heavy atom. The zero-order valence-electron chi connectivity index (χ0n) is 30.7. The Kier molecular flexibility index (Phi) is 32.5. The first-order valence-electron chi connectivity index (χ1n) is 19.4. The monoisotopic (exact) mass is 696 g/mol. The van der Waals surface area contributed by atoms with E-state index in [1.54, 1.807) is 12.2 Å². The van der Waals surface area contributed by atoms with Crippen molar-refractivity contribution < 1.29 is 28.0 Å². The van der Waals surface area contributed by atoms with Crippen LogP contribution in [0.3, 0.4) is 0 Å². The first-order valence-corrected chi connectivity index (χ1v) is 21.1. The van der Waals surface area contributed by atoms with E-state index >= 15 is 0 Å². The molecule has 3 unspecified atom stereocenters. The summed E-state index contributed by atoms with van der Waals surface area (Å²) in [5.74, 6) is -1.65. The lowest BCUT2D eigenvalue weighted by Gasteiger charge is -2.22. The summed E-state index contributed by atoms with van der Waals surface area (Å²) in [6, 6.07) is -1.28. The summed E-state index contributed by atoms with van der Waals surface area (Å²) in [7, 11) is -4.47. The molecule has 0 saturated heterocycles. The molecule has 1 amide bonds. The lowest BCUT2D eigenvalue weighted by atomic mass is 10.0. The molecule has 0 rings (SSSR count). The minimum Gasteiger partial charge on any atom is -0.387 e. The van der Waals surface area contributed by atoms with Gasteiger partial charge < -0.3 is 15.5 Å². The van der Waals surface area contributed by atoms with Gasteiger partial charge >= 0.3 is 0 Å². The van der Waals surface area contributed by atoms with Crippen molar-refractivity contribution in [2.75, 3.05) is 5.75 Å². The van der Waals surface area contributed by atoms with E-state index in [1.807, 2.05) is 6.08 Å². The maximum Gasteiger partial charge on any atom is 0.267 e. The molecule has 0 aromatic heterocycles. The van der Waals surface area contributed by atoms with Crippen LogP contribution in [0.15, 0.2) is 48.6 Å². The fourth-order valence-corrected chi connectivity index (χ4v) is 6.31. The van der Waals surface area contributed by atoms with Crippen LogP contribution in [0.25, 0.3) is 0 Å². The number of nitrogens with one attached hydrogen (secondary N) is 1. The van der Waals surface area contributed by atoms with Gasteiger partial charge in [0, 0.05) is 6.42 Å². The zero-order valence-corrected chi connectivity index (χ0v) is 31.5. The number of allylic oxidation sites excluding steroid dienone is 6. The number of carbonyl (C=O) groups is 1. The first-order chi connectivity index (χ1) is 23.2. The van der Waals surface area contributed by atoms with Crippen LogP contribution in [0.1, 0.15) is 174 Å². The number of carbonyl (C=O) groups excluding carboxylic acids is 1. The van der Waals surface area contributed by atoms with E-state index in [-0.39, 0.29) is 6.42 Å². The number of amides is 1. The molecular formula is C40H73NO6S. The zero-order chi connectivity index (χ0) is 35.6. The summed E-state index contributed by atoms with van der Waals surface area (Å²) in [6.45, 7) is 4.48. The van der Waals surface area contributed by atoms with Crippen LogP contribution < -0.4 is 5.32 Å². The molecular weight excluding hydrogens is 623 g/mol. The summed E-state index contributed by atoms with van der Waals surface area (Å²) >= 11 is 0. The lowest BCUT2D eigenvalue weighted by Crippen LogP contribution is -2.50. The highest BCUT2D eigenvalue weighted by atomic mass is 32.2. The van der Waals surface area contributed by atoms with E-state index in [4.69, 9.17) is 0 Å². The van der Waals surface area contributed by atoms with Gasteiger partial charge in [-0.25, -0.2) is 0 Å². The van der Waals surface area contributed by atoms with Crippen LogP contribution in [-0.2, 0) is 14.9 Å². The number of hydrogen-bond acceptors (Lipinski definition) is 5. The predicted octanol–water partition coefficient (Wildman–Crippen LogP) is 10.1. The first kappa shape index (κ1) is 46.3. The molecule has 0 radical (unpaired) electrons. The fourth-order valence-electron chi connectivity index (χ4n) is 5.57. The van der Waals surface area contributed by atoms with Crippen molar-refractivity contribution in [2.24, 2.45) is 0 Å². The van der Waals surface area contributed by atoms with Crippen molar-refractivity contribution >= 4 is 16.0 Å². The minimum atomic E-state index is -4.47. The summed E-state index contributed by atoms with van der Waals surface area (Å²) in [5, 5.41) is 23.2. The molecule has 0 aliphatic carbocycles. The van der Waals surface area contributed by atoms with Crippen LogP contribution in [0, 0.1) is 0 Å². The molecule has 7 nitrogen and oxygen atoms in total. The molecule has 0 aromatic carbocycles. The summed E-state index contributed by atoms with van der Waals surface area (Å²) < 4.78 is 32.4. The largest absolute Gasteiger partial charge is 0.387 e.